The first-order chi connectivity index (χ1) is 17.8. The van der Waals surface area contributed by atoms with Crippen LogP contribution >= 0.6 is 11.6 Å². The number of halogens is 1. The van der Waals surface area contributed by atoms with Crippen molar-refractivity contribution in [3.05, 3.63) is 83.4 Å². The monoisotopic (exact) mass is 541 g/mol. The number of benzene rings is 3. The van der Waals surface area contributed by atoms with E-state index in [1.165, 1.54) is 24.3 Å². The predicted molar refractivity (Wildman–Crippen MR) is 144 cm³/mol. The highest BCUT2D eigenvalue weighted by molar-refractivity contribution is 7.92. The zero-order chi connectivity index (χ0) is 26.4. The SMILES string of the molecule is CCOc1ccccc1N(CC(=O)Nc1ccccc1C(=O)N1CCCC1)S(=O)(=O)c1ccc(Cl)cc1. The Kier molecular flexibility index (Phi) is 8.35. The lowest BCUT2D eigenvalue weighted by Crippen LogP contribution is -2.38. The standard InChI is InChI=1S/C27H28ClN3O5S/c1-2-36-25-12-6-5-11-24(25)31(37(34,35)21-15-13-20(28)14-16-21)19-26(32)29-23-10-4-3-9-22(23)27(33)30-17-7-8-18-30/h3-6,9-16H,2,7-8,17-19H2,1H3,(H,29,32). The van der Waals surface area contributed by atoms with Gasteiger partial charge in [-0.2, -0.15) is 0 Å². The van der Waals surface area contributed by atoms with Crippen molar-refractivity contribution < 1.29 is 22.7 Å². The summed E-state index contributed by atoms with van der Waals surface area (Å²) in [6, 6.07) is 19.1. The lowest BCUT2D eigenvalue weighted by atomic mass is 10.1. The summed E-state index contributed by atoms with van der Waals surface area (Å²) in [5, 5.41) is 3.13. The fraction of sp³-hybridized carbons (Fsp3) is 0.259. The summed E-state index contributed by atoms with van der Waals surface area (Å²) >= 11 is 5.96. The smallest absolute Gasteiger partial charge is 0.264 e. The highest BCUT2D eigenvalue weighted by Gasteiger charge is 2.30. The minimum absolute atomic E-state index is 0.0272. The minimum Gasteiger partial charge on any atom is -0.492 e. The zero-order valence-electron chi connectivity index (χ0n) is 20.4. The number of ether oxygens (including phenoxy) is 1. The second-order valence-electron chi connectivity index (χ2n) is 8.46. The van der Waals surface area contributed by atoms with Gasteiger partial charge >= 0.3 is 0 Å². The fourth-order valence-corrected chi connectivity index (χ4v) is 5.72. The van der Waals surface area contributed by atoms with Gasteiger partial charge in [-0.05, 0) is 68.3 Å². The first kappa shape index (κ1) is 26.5. The Balaban J connectivity index is 1.66. The van der Waals surface area contributed by atoms with E-state index in [2.05, 4.69) is 5.32 Å². The summed E-state index contributed by atoms with van der Waals surface area (Å²) in [4.78, 5) is 28.0. The summed E-state index contributed by atoms with van der Waals surface area (Å²) in [5.41, 5.74) is 0.904. The Morgan fingerprint density at radius 3 is 2.32 bits per heavy atom. The molecule has 1 aliphatic heterocycles. The van der Waals surface area contributed by atoms with Gasteiger partial charge in [-0.15, -0.1) is 0 Å². The van der Waals surface area contributed by atoms with Crippen molar-refractivity contribution in [2.24, 2.45) is 0 Å². The van der Waals surface area contributed by atoms with Gasteiger partial charge in [0.05, 0.1) is 28.4 Å². The lowest BCUT2D eigenvalue weighted by molar-refractivity contribution is -0.114. The maximum Gasteiger partial charge on any atom is 0.264 e. The molecule has 4 rings (SSSR count). The maximum absolute atomic E-state index is 13.7. The Morgan fingerprint density at radius 1 is 0.973 bits per heavy atom. The quantitative estimate of drug-likeness (QED) is 0.419. The molecule has 0 spiro atoms. The molecule has 37 heavy (non-hydrogen) atoms. The molecule has 10 heteroatoms. The number of carbonyl (C=O) groups excluding carboxylic acids is 2. The number of anilines is 2. The number of likely N-dealkylation sites (tertiary alicyclic amines) is 1. The Hall–Kier alpha value is -3.56. The van der Waals surface area contributed by atoms with Crippen molar-refractivity contribution in [3.63, 3.8) is 0 Å². The molecule has 0 aromatic heterocycles. The van der Waals surface area contributed by atoms with Crippen molar-refractivity contribution in [1.82, 2.24) is 4.90 Å². The lowest BCUT2D eigenvalue weighted by Gasteiger charge is -2.26. The van der Waals surface area contributed by atoms with E-state index in [1.807, 2.05) is 0 Å². The predicted octanol–water partition coefficient (Wildman–Crippen LogP) is 4.81. The molecule has 1 saturated heterocycles. The number of nitrogens with zero attached hydrogens (tertiary/aromatic N) is 2. The molecule has 3 aromatic carbocycles. The second kappa shape index (κ2) is 11.7. The molecular weight excluding hydrogens is 514 g/mol. The molecule has 194 valence electrons. The average Bonchev–Trinajstić information content (AvgIpc) is 3.43. The van der Waals surface area contributed by atoms with Crippen LogP contribution in [0, 0.1) is 0 Å². The van der Waals surface area contributed by atoms with Gasteiger partial charge in [0.2, 0.25) is 5.91 Å². The molecule has 0 aliphatic carbocycles. The van der Waals surface area contributed by atoms with E-state index < -0.39 is 22.5 Å². The summed E-state index contributed by atoms with van der Waals surface area (Å²) in [7, 11) is -4.18. The normalized spacial score (nSPS) is 13.3. The molecule has 0 bridgehead atoms. The third kappa shape index (κ3) is 6.06. The van der Waals surface area contributed by atoms with E-state index in [0.717, 1.165) is 17.1 Å². The summed E-state index contributed by atoms with van der Waals surface area (Å²) < 4.78 is 34.1. The molecule has 0 atom stereocenters. The minimum atomic E-state index is -4.18. The Bertz CT molecular complexity index is 1370. The van der Waals surface area contributed by atoms with E-state index in [9.17, 15) is 18.0 Å². The van der Waals surface area contributed by atoms with Crippen LogP contribution in [0.4, 0.5) is 11.4 Å². The van der Waals surface area contributed by atoms with Gasteiger partial charge in [-0.3, -0.25) is 13.9 Å². The van der Waals surface area contributed by atoms with Crippen LogP contribution in [0.3, 0.4) is 0 Å². The van der Waals surface area contributed by atoms with Crippen molar-refractivity contribution in [2.75, 3.05) is 35.9 Å². The number of hydrogen-bond acceptors (Lipinski definition) is 5. The summed E-state index contributed by atoms with van der Waals surface area (Å²) in [6.45, 7) is 2.89. The van der Waals surface area contributed by atoms with Crippen molar-refractivity contribution in [1.29, 1.82) is 0 Å². The number of rotatable bonds is 9. The molecule has 1 fully saturated rings. The van der Waals surface area contributed by atoms with E-state index in [4.69, 9.17) is 16.3 Å². The Morgan fingerprint density at radius 2 is 1.62 bits per heavy atom. The zero-order valence-corrected chi connectivity index (χ0v) is 22.0. The first-order valence-electron chi connectivity index (χ1n) is 12.0. The average molecular weight is 542 g/mol. The topological polar surface area (TPSA) is 96.0 Å². The number of nitrogens with one attached hydrogen (secondary N) is 1. The molecule has 0 unspecified atom stereocenters. The van der Waals surface area contributed by atoms with E-state index >= 15 is 0 Å². The van der Waals surface area contributed by atoms with Crippen LogP contribution in [-0.2, 0) is 14.8 Å². The van der Waals surface area contributed by atoms with Crippen molar-refractivity contribution in [3.8, 4) is 5.75 Å². The highest BCUT2D eigenvalue weighted by atomic mass is 35.5. The van der Waals surface area contributed by atoms with Crippen LogP contribution in [0.5, 0.6) is 5.75 Å². The van der Waals surface area contributed by atoms with Gasteiger partial charge < -0.3 is 15.0 Å². The van der Waals surface area contributed by atoms with Gasteiger partial charge in [0.15, 0.2) is 0 Å². The fourth-order valence-electron chi connectivity index (χ4n) is 4.16. The molecule has 1 heterocycles. The number of carbonyl (C=O) groups is 2. The van der Waals surface area contributed by atoms with E-state index in [0.29, 0.717) is 41.7 Å². The van der Waals surface area contributed by atoms with Crippen LogP contribution in [0.15, 0.2) is 77.7 Å². The molecule has 1 aliphatic rings. The molecule has 0 radical (unpaired) electrons. The van der Waals surface area contributed by atoms with Crippen LogP contribution in [-0.4, -0.2) is 51.4 Å². The molecule has 0 saturated carbocycles. The van der Waals surface area contributed by atoms with Gasteiger partial charge in [-0.25, -0.2) is 8.42 Å². The third-order valence-electron chi connectivity index (χ3n) is 5.95. The van der Waals surface area contributed by atoms with E-state index in [-0.39, 0.29) is 16.5 Å². The van der Waals surface area contributed by atoms with Crippen LogP contribution in [0.2, 0.25) is 5.02 Å². The molecule has 8 nitrogen and oxygen atoms in total. The van der Waals surface area contributed by atoms with Crippen LogP contribution < -0.4 is 14.4 Å². The van der Waals surface area contributed by atoms with Crippen molar-refractivity contribution in [2.45, 2.75) is 24.7 Å². The van der Waals surface area contributed by atoms with Crippen LogP contribution in [0.1, 0.15) is 30.1 Å². The first-order valence-corrected chi connectivity index (χ1v) is 13.8. The highest BCUT2D eigenvalue weighted by Crippen LogP contribution is 2.33. The third-order valence-corrected chi connectivity index (χ3v) is 7.97. The Labute approximate surface area is 221 Å². The molecule has 2 amide bonds. The molecule has 1 N–H and O–H groups in total. The molecular formula is C27H28ClN3O5S. The summed E-state index contributed by atoms with van der Waals surface area (Å²) in [6.07, 6.45) is 1.88. The maximum atomic E-state index is 13.7. The van der Waals surface area contributed by atoms with Gasteiger partial charge in [0, 0.05) is 18.1 Å². The van der Waals surface area contributed by atoms with Gasteiger partial charge in [-0.1, -0.05) is 35.9 Å². The van der Waals surface area contributed by atoms with Crippen LogP contribution in [0.25, 0.3) is 0 Å². The largest absolute Gasteiger partial charge is 0.492 e. The second-order valence-corrected chi connectivity index (χ2v) is 10.8. The number of para-hydroxylation sites is 3. The summed E-state index contributed by atoms with van der Waals surface area (Å²) in [5.74, 6) is -0.453. The van der Waals surface area contributed by atoms with E-state index in [1.54, 1.807) is 60.4 Å². The number of sulfonamides is 1. The van der Waals surface area contributed by atoms with Gasteiger partial charge in [0.1, 0.15) is 12.3 Å². The number of hydrogen-bond donors (Lipinski definition) is 1. The van der Waals surface area contributed by atoms with Gasteiger partial charge in [0.25, 0.3) is 15.9 Å². The molecule has 3 aromatic rings. The van der Waals surface area contributed by atoms with Crippen molar-refractivity contribution >= 4 is 44.8 Å². The number of amides is 2.